The van der Waals surface area contributed by atoms with Crippen molar-refractivity contribution in [2.75, 3.05) is 24.4 Å². The highest BCUT2D eigenvalue weighted by molar-refractivity contribution is 6.46. The maximum absolute atomic E-state index is 13.6. The zero-order valence-electron chi connectivity index (χ0n) is 18.4. The maximum Gasteiger partial charge on any atom is 0.282 e. The van der Waals surface area contributed by atoms with Crippen molar-refractivity contribution >= 4 is 28.8 Å². The first-order valence-electron chi connectivity index (χ1n) is 10.2. The van der Waals surface area contributed by atoms with E-state index in [1.807, 2.05) is 32.0 Å². The van der Waals surface area contributed by atoms with Crippen LogP contribution < -0.4 is 19.7 Å². The van der Waals surface area contributed by atoms with Crippen LogP contribution in [0.25, 0.3) is 5.57 Å². The molecule has 162 valence electrons. The summed E-state index contributed by atoms with van der Waals surface area (Å²) in [5.74, 6) is 0.242. The van der Waals surface area contributed by atoms with Gasteiger partial charge in [-0.15, -0.1) is 0 Å². The van der Waals surface area contributed by atoms with Gasteiger partial charge in [0.05, 0.1) is 25.5 Å². The SMILES string of the molecule is COc1ccc(C2=C(Nc3ccc(C)c(C)c3)C(=O)N(c3ccccc3OC)C2=O)cc1. The summed E-state index contributed by atoms with van der Waals surface area (Å²) in [5, 5.41) is 3.20. The minimum atomic E-state index is -0.441. The lowest BCUT2D eigenvalue weighted by atomic mass is 10.0. The Kier molecular flexibility index (Phi) is 5.69. The lowest BCUT2D eigenvalue weighted by Crippen LogP contribution is -2.32. The number of nitrogens with one attached hydrogen (secondary N) is 1. The monoisotopic (exact) mass is 428 g/mol. The zero-order valence-corrected chi connectivity index (χ0v) is 18.4. The lowest BCUT2D eigenvalue weighted by molar-refractivity contribution is -0.120. The van der Waals surface area contributed by atoms with Crippen LogP contribution in [0.15, 0.2) is 72.4 Å². The predicted octanol–water partition coefficient (Wildman–Crippen LogP) is 4.72. The van der Waals surface area contributed by atoms with Gasteiger partial charge in [0.1, 0.15) is 17.2 Å². The lowest BCUT2D eigenvalue weighted by Gasteiger charge is -2.18. The van der Waals surface area contributed by atoms with Crippen molar-refractivity contribution in [2.45, 2.75) is 13.8 Å². The molecular weight excluding hydrogens is 404 g/mol. The molecule has 0 saturated carbocycles. The van der Waals surface area contributed by atoms with Crippen molar-refractivity contribution in [1.82, 2.24) is 0 Å². The van der Waals surface area contributed by atoms with Gasteiger partial charge in [-0.3, -0.25) is 9.59 Å². The molecule has 6 nitrogen and oxygen atoms in total. The summed E-state index contributed by atoms with van der Waals surface area (Å²) in [6.07, 6.45) is 0. The summed E-state index contributed by atoms with van der Waals surface area (Å²) in [7, 11) is 3.09. The Labute approximate surface area is 187 Å². The molecule has 1 aliphatic rings. The van der Waals surface area contributed by atoms with E-state index in [0.29, 0.717) is 28.3 Å². The predicted molar refractivity (Wildman–Crippen MR) is 125 cm³/mol. The fraction of sp³-hybridized carbons (Fsp3) is 0.154. The number of carbonyl (C=O) groups excluding carboxylic acids is 2. The number of hydrogen-bond donors (Lipinski definition) is 1. The molecule has 0 aliphatic carbocycles. The molecule has 32 heavy (non-hydrogen) atoms. The van der Waals surface area contributed by atoms with Gasteiger partial charge in [-0.1, -0.05) is 30.3 Å². The van der Waals surface area contributed by atoms with Crippen LogP contribution in [0.1, 0.15) is 16.7 Å². The summed E-state index contributed by atoms with van der Waals surface area (Å²) in [6, 6.07) is 19.9. The molecule has 3 aromatic carbocycles. The molecule has 0 spiro atoms. The minimum absolute atomic E-state index is 0.217. The standard InChI is InChI=1S/C26H24N2O4/c1-16-9-12-19(15-17(16)2)27-24-23(18-10-13-20(31-3)14-11-18)25(29)28(26(24)30)21-7-5-6-8-22(21)32-4/h5-15,27H,1-4H3. The largest absolute Gasteiger partial charge is 0.497 e. The second kappa shape index (κ2) is 8.59. The third-order valence-electron chi connectivity index (χ3n) is 5.56. The first-order chi connectivity index (χ1) is 15.4. The van der Waals surface area contributed by atoms with Crippen LogP contribution in [0, 0.1) is 13.8 Å². The van der Waals surface area contributed by atoms with Gasteiger partial charge >= 0.3 is 0 Å². The van der Waals surface area contributed by atoms with E-state index in [-0.39, 0.29) is 5.70 Å². The fourth-order valence-corrected chi connectivity index (χ4v) is 3.67. The number of amides is 2. The Balaban J connectivity index is 1.84. The molecule has 4 rings (SSSR count). The Morgan fingerprint density at radius 3 is 2.16 bits per heavy atom. The Morgan fingerprint density at radius 1 is 0.781 bits per heavy atom. The highest BCUT2D eigenvalue weighted by Gasteiger charge is 2.41. The van der Waals surface area contributed by atoms with Crippen LogP contribution in [0.5, 0.6) is 11.5 Å². The molecule has 0 saturated heterocycles. The number of ether oxygens (including phenoxy) is 2. The van der Waals surface area contributed by atoms with E-state index in [1.54, 1.807) is 55.6 Å². The first-order valence-corrected chi connectivity index (χ1v) is 10.2. The van der Waals surface area contributed by atoms with Crippen molar-refractivity contribution in [1.29, 1.82) is 0 Å². The van der Waals surface area contributed by atoms with Crippen molar-refractivity contribution < 1.29 is 19.1 Å². The normalized spacial score (nSPS) is 13.6. The van der Waals surface area contributed by atoms with Crippen LogP contribution >= 0.6 is 0 Å². The van der Waals surface area contributed by atoms with E-state index in [1.165, 1.54) is 7.11 Å². The summed E-state index contributed by atoms with van der Waals surface area (Å²) >= 11 is 0. The molecule has 1 aliphatic heterocycles. The quantitative estimate of drug-likeness (QED) is 0.576. The van der Waals surface area contributed by atoms with Crippen LogP contribution in [0.3, 0.4) is 0 Å². The molecule has 0 aromatic heterocycles. The average Bonchev–Trinajstić information content (AvgIpc) is 3.05. The fourth-order valence-electron chi connectivity index (χ4n) is 3.67. The number of rotatable bonds is 6. The van der Waals surface area contributed by atoms with Crippen molar-refractivity contribution in [3.05, 3.63) is 89.1 Å². The van der Waals surface area contributed by atoms with E-state index < -0.39 is 11.8 Å². The van der Waals surface area contributed by atoms with Gasteiger partial charge in [0, 0.05) is 5.69 Å². The first kappa shape index (κ1) is 21.2. The second-order valence-electron chi connectivity index (χ2n) is 7.52. The van der Waals surface area contributed by atoms with E-state index in [4.69, 9.17) is 9.47 Å². The van der Waals surface area contributed by atoms with E-state index in [2.05, 4.69) is 5.32 Å². The van der Waals surface area contributed by atoms with Crippen molar-refractivity contribution in [3.63, 3.8) is 0 Å². The molecule has 0 unspecified atom stereocenters. The Morgan fingerprint density at radius 2 is 1.50 bits per heavy atom. The number of hydrogen-bond acceptors (Lipinski definition) is 5. The summed E-state index contributed by atoms with van der Waals surface area (Å²) < 4.78 is 10.6. The topological polar surface area (TPSA) is 67.9 Å². The number of methoxy groups -OCH3 is 2. The van der Waals surface area contributed by atoms with Crippen molar-refractivity contribution in [2.24, 2.45) is 0 Å². The Bertz CT molecular complexity index is 1230. The molecule has 0 radical (unpaired) electrons. The maximum atomic E-state index is 13.6. The minimum Gasteiger partial charge on any atom is -0.497 e. The molecule has 6 heteroatoms. The summed E-state index contributed by atoms with van der Waals surface area (Å²) in [5.41, 5.74) is 4.48. The molecule has 1 N–H and O–H groups in total. The number of imide groups is 1. The molecular formula is C26H24N2O4. The third kappa shape index (κ3) is 3.71. The van der Waals surface area contributed by atoms with E-state index >= 15 is 0 Å². The van der Waals surface area contributed by atoms with Gasteiger partial charge < -0.3 is 14.8 Å². The van der Waals surface area contributed by atoms with Gasteiger partial charge in [0.25, 0.3) is 11.8 Å². The summed E-state index contributed by atoms with van der Waals surface area (Å²) in [6.45, 7) is 4.02. The zero-order chi connectivity index (χ0) is 22.8. The second-order valence-corrected chi connectivity index (χ2v) is 7.52. The molecule has 1 heterocycles. The highest BCUT2D eigenvalue weighted by atomic mass is 16.5. The van der Waals surface area contributed by atoms with Gasteiger partial charge in [-0.2, -0.15) is 0 Å². The van der Waals surface area contributed by atoms with Crippen LogP contribution in [-0.4, -0.2) is 26.0 Å². The van der Waals surface area contributed by atoms with Crippen LogP contribution in [0.4, 0.5) is 11.4 Å². The smallest absolute Gasteiger partial charge is 0.282 e. The highest BCUT2D eigenvalue weighted by Crippen LogP contribution is 2.38. The summed E-state index contributed by atoms with van der Waals surface area (Å²) in [4.78, 5) is 28.3. The number of para-hydroxylation sites is 2. The molecule has 0 fully saturated rings. The number of aryl methyl sites for hydroxylation is 2. The molecule has 0 atom stereocenters. The molecule has 2 amide bonds. The average molecular weight is 428 g/mol. The van der Waals surface area contributed by atoms with E-state index in [9.17, 15) is 9.59 Å². The number of carbonyl (C=O) groups is 2. The van der Waals surface area contributed by atoms with Gasteiger partial charge in [0.15, 0.2) is 0 Å². The van der Waals surface area contributed by atoms with Crippen LogP contribution in [0.2, 0.25) is 0 Å². The number of nitrogens with zero attached hydrogens (tertiary/aromatic N) is 1. The van der Waals surface area contributed by atoms with Crippen molar-refractivity contribution in [3.8, 4) is 11.5 Å². The van der Waals surface area contributed by atoms with Crippen LogP contribution in [-0.2, 0) is 9.59 Å². The Hall–Kier alpha value is -4.06. The van der Waals surface area contributed by atoms with Gasteiger partial charge in [0.2, 0.25) is 0 Å². The third-order valence-corrected chi connectivity index (χ3v) is 5.56. The molecule has 0 bridgehead atoms. The van der Waals surface area contributed by atoms with Gasteiger partial charge in [-0.05, 0) is 66.9 Å². The number of anilines is 2. The number of benzene rings is 3. The molecule has 3 aromatic rings. The van der Waals surface area contributed by atoms with E-state index in [0.717, 1.165) is 21.7 Å². The van der Waals surface area contributed by atoms with Gasteiger partial charge in [-0.25, -0.2) is 4.90 Å².